The lowest BCUT2D eigenvalue weighted by molar-refractivity contribution is 0.0755. The van der Waals surface area contributed by atoms with Crippen LogP contribution >= 0.6 is 0 Å². The minimum Gasteiger partial charge on any atom is -0.339 e. The lowest BCUT2D eigenvalue weighted by Crippen LogP contribution is -2.33. The molecule has 0 aliphatic carbocycles. The topological polar surface area (TPSA) is 53.5 Å². The van der Waals surface area contributed by atoms with Crippen LogP contribution in [0.1, 0.15) is 61.3 Å². The first-order chi connectivity index (χ1) is 10.6. The highest BCUT2D eigenvalue weighted by Crippen LogP contribution is 2.10. The van der Waals surface area contributed by atoms with Crippen molar-refractivity contribution in [2.45, 2.75) is 40.5 Å². The molecule has 1 heterocycles. The molecule has 5 heteroatoms. The van der Waals surface area contributed by atoms with E-state index in [1.165, 1.54) is 6.20 Å². The normalized spacial score (nSPS) is 10.4. The minimum atomic E-state index is -0.0790. The van der Waals surface area contributed by atoms with Crippen LogP contribution in [-0.4, -0.2) is 52.8 Å². The van der Waals surface area contributed by atoms with Crippen LogP contribution in [0.4, 0.5) is 0 Å². The molecular weight excluding hydrogens is 278 g/mol. The zero-order valence-corrected chi connectivity index (χ0v) is 14.1. The number of pyridine rings is 1. The molecule has 5 nitrogen and oxygen atoms in total. The Labute approximate surface area is 133 Å². The van der Waals surface area contributed by atoms with Gasteiger partial charge in [-0.1, -0.05) is 13.8 Å². The van der Waals surface area contributed by atoms with E-state index < -0.39 is 0 Å². The summed E-state index contributed by atoms with van der Waals surface area (Å²) in [7, 11) is 0. The van der Waals surface area contributed by atoms with E-state index in [9.17, 15) is 9.59 Å². The van der Waals surface area contributed by atoms with Crippen LogP contribution in [0.5, 0.6) is 0 Å². The summed E-state index contributed by atoms with van der Waals surface area (Å²) in [6, 6.07) is 1.66. The molecule has 0 saturated heterocycles. The van der Waals surface area contributed by atoms with Gasteiger partial charge in [-0.2, -0.15) is 0 Å². The quantitative estimate of drug-likeness (QED) is 0.742. The molecule has 1 aromatic rings. The van der Waals surface area contributed by atoms with Crippen LogP contribution in [0.3, 0.4) is 0 Å². The molecule has 0 aromatic carbocycles. The minimum absolute atomic E-state index is 0.0506. The maximum Gasteiger partial charge on any atom is 0.255 e. The largest absolute Gasteiger partial charge is 0.339 e. The zero-order chi connectivity index (χ0) is 16.5. The third-order valence-corrected chi connectivity index (χ3v) is 3.56. The molecule has 0 N–H and O–H groups in total. The summed E-state index contributed by atoms with van der Waals surface area (Å²) in [5.74, 6) is -0.130. The first kappa shape index (κ1) is 18.1. The van der Waals surface area contributed by atoms with Crippen LogP contribution in [0.2, 0.25) is 0 Å². The van der Waals surface area contributed by atoms with Gasteiger partial charge < -0.3 is 9.80 Å². The number of carbonyl (C=O) groups excluding carboxylic acids is 2. The van der Waals surface area contributed by atoms with E-state index in [4.69, 9.17) is 0 Å². The summed E-state index contributed by atoms with van der Waals surface area (Å²) < 4.78 is 0. The summed E-state index contributed by atoms with van der Waals surface area (Å²) >= 11 is 0. The monoisotopic (exact) mass is 305 g/mol. The fourth-order valence-corrected chi connectivity index (χ4v) is 2.40. The Hall–Kier alpha value is -1.91. The molecule has 0 aliphatic heterocycles. The fraction of sp³-hybridized carbons (Fsp3) is 0.588. The summed E-state index contributed by atoms with van der Waals surface area (Å²) in [5.41, 5.74) is 0.961. The Morgan fingerprint density at radius 3 is 1.73 bits per heavy atom. The number of aromatic nitrogens is 1. The average molecular weight is 305 g/mol. The Morgan fingerprint density at radius 1 is 0.864 bits per heavy atom. The first-order valence-corrected chi connectivity index (χ1v) is 8.12. The number of nitrogens with zero attached hydrogens (tertiary/aromatic N) is 3. The summed E-state index contributed by atoms with van der Waals surface area (Å²) in [4.78, 5) is 32.6. The highest BCUT2D eigenvalue weighted by molar-refractivity contribution is 5.99. The molecule has 0 atom stereocenters. The van der Waals surface area contributed by atoms with Crippen molar-refractivity contribution in [1.29, 1.82) is 0 Å². The van der Waals surface area contributed by atoms with Gasteiger partial charge in [0.05, 0.1) is 11.1 Å². The standard InChI is InChI=1S/C17H27N3O2/c1-5-9-20(10-6-2)17(22)15-11-14(12-18-13-15)16(21)19(7-3)8-4/h11-13H,5-10H2,1-4H3. The van der Waals surface area contributed by atoms with E-state index in [-0.39, 0.29) is 11.8 Å². The molecule has 0 bridgehead atoms. The summed E-state index contributed by atoms with van der Waals surface area (Å²) in [5, 5.41) is 0. The molecule has 122 valence electrons. The Morgan fingerprint density at radius 2 is 1.32 bits per heavy atom. The first-order valence-electron chi connectivity index (χ1n) is 8.12. The van der Waals surface area contributed by atoms with Gasteiger partial charge in [0, 0.05) is 38.6 Å². The van der Waals surface area contributed by atoms with Crippen molar-refractivity contribution >= 4 is 11.8 Å². The highest BCUT2D eigenvalue weighted by Gasteiger charge is 2.18. The second kappa shape index (κ2) is 9.18. The molecular formula is C17H27N3O2. The lowest BCUT2D eigenvalue weighted by atomic mass is 10.1. The van der Waals surface area contributed by atoms with Gasteiger partial charge in [-0.3, -0.25) is 14.6 Å². The maximum absolute atomic E-state index is 12.6. The van der Waals surface area contributed by atoms with Gasteiger partial charge in [0.1, 0.15) is 0 Å². The SMILES string of the molecule is CCCN(CCC)C(=O)c1cncc(C(=O)N(CC)CC)c1. The predicted molar refractivity (Wildman–Crippen MR) is 88.0 cm³/mol. The molecule has 0 fully saturated rings. The number of hydrogen-bond acceptors (Lipinski definition) is 3. The van der Waals surface area contributed by atoms with Crippen LogP contribution in [0.15, 0.2) is 18.5 Å². The van der Waals surface area contributed by atoms with E-state index in [0.29, 0.717) is 24.2 Å². The molecule has 2 amide bonds. The zero-order valence-electron chi connectivity index (χ0n) is 14.1. The van der Waals surface area contributed by atoms with E-state index in [2.05, 4.69) is 18.8 Å². The Kier molecular flexibility index (Phi) is 7.57. The van der Waals surface area contributed by atoms with E-state index >= 15 is 0 Å². The smallest absolute Gasteiger partial charge is 0.255 e. The van der Waals surface area contributed by atoms with Crippen LogP contribution < -0.4 is 0 Å². The Balaban J connectivity index is 2.99. The lowest BCUT2D eigenvalue weighted by Gasteiger charge is -2.22. The van der Waals surface area contributed by atoms with Crippen molar-refractivity contribution in [2.24, 2.45) is 0 Å². The summed E-state index contributed by atoms with van der Waals surface area (Å²) in [6.45, 7) is 10.7. The molecule has 1 rings (SSSR count). The third kappa shape index (κ3) is 4.55. The number of hydrogen-bond donors (Lipinski definition) is 0. The van der Waals surface area contributed by atoms with Gasteiger partial charge >= 0.3 is 0 Å². The fourth-order valence-electron chi connectivity index (χ4n) is 2.40. The van der Waals surface area contributed by atoms with Gasteiger partial charge in [0.25, 0.3) is 11.8 Å². The van der Waals surface area contributed by atoms with Crippen molar-refractivity contribution < 1.29 is 9.59 Å². The second-order valence-corrected chi connectivity index (χ2v) is 5.23. The number of rotatable bonds is 8. The average Bonchev–Trinajstić information content (AvgIpc) is 2.55. The third-order valence-electron chi connectivity index (χ3n) is 3.56. The molecule has 1 aromatic heterocycles. The van der Waals surface area contributed by atoms with Gasteiger partial charge in [-0.15, -0.1) is 0 Å². The van der Waals surface area contributed by atoms with Crippen LogP contribution in [-0.2, 0) is 0 Å². The van der Waals surface area contributed by atoms with Gasteiger partial charge in [-0.25, -0.2) is 0 Å². The van der Waals surface area contributed by atoms with Gasteiger partial charge in [0.2, 0.25) is 0 Å². The van der Waals surface area contributed by atoms with Crippen LogP contribution in [0, 0.1) is 0 Å². The van der Waals surface area contributed by atoms with Crippen molar-refractivity contribution in [3.8, 4) is 0 Å². The van der Waals surface area contributed by atoms with Crippen molar-refractivity contribution in [1.82, 2.24) is 14.8 Å². The van der Waals surface area contributed by atoms with Crippen molar-refractivity contribution in [3.05, 3.63) is 29.6 Å². The van der Waals surface area contributed by atoms with Crippen LogP contribution in [0.25, 0.3) is 0 Å². The molecule has 22 heavy (non-hydrogen) atoms. The molecule has 0 spiro atoms. The van der Waals surface area contributed by atoms with Gasteiger partial charge in [0.15, 0.2) is 0 Å². The van der Waals surface area contributed by atoms with Crippen molar-refractivity contribution in [2.75, 3.05) is 26.2 Å². The van der Waals surface area contributed by atoms with E-state index in [1.807, 2.05) is 18.7 Å². The molecule has 0 unspecified atom stereocenters. The molecule has 0 radical (unpaired) electrons. The predicted octanol–water partition coefficient (Wildman–Crippen LogP) is 2.83. The Bertz CT molecular complexity index is 492. The van der Waals surface area contributed by atoms with E-state index in [1.54, 1.807) is 17.2 Å². The summed E-state index contributed by atoms with van der Waals surface area (Å²) in [6.07, 6.45) is 4.90. The highest BCUT2D eigenvalue weighted by atomic mass is 16.2. The molecule has 0 aliphatic rings. The number of amides is 2. The van der Waals surface area contributed by atoms with Crippen molar-refractivity contribution in [3.63, 3.8) is 0 Å². The maximum atomic E-state index is 12.6. The second-order valence-electron chi connectivity index (χ2n) is 5.23. The van der Waals surface area contributed by atoms with Gasteiger partial charge in [-0.05, 0) is 32.8 Å². The number of carbonyl (C=O) groups is 2. The molecule has 0 saturated carbocycles. The van der Waals surface area contributed by atoms with E-state index in [0.717, 1.165) is 25.9 Å².